The predicted molar refractivity (Wildman–Crippen MR) is 42.0 cm³/mol. The van der Waals surface area contributed by atoms with Gasteiger partial charge in [0.05, 0.1) is 10.4 Å². The summed E-state index contributed by atoms with van der Waals surface area (Å²) in [6.45, 7) is 0. The van der Waals surface area contributed by atoms with E-state index in [0.717, 1.165) is 10.6 Å². The Labute approximate surface area is 66.7 Å². The second-order valence-corrected chi connectivity index (χ2v) is 2.87. The van der Waals surface area contributed by atoms with Crippen molar-refractivity contribution in [1.29, 1.82) is 0 Å². The monoisotopic (exact) mass is 167 g/mol. The lowest BCUT2D eigenvalue weighted by Gasteiger charge is -1.80. The Morgan fingerprint density at radius 1 is 1.55 bits per heavy atom. The molecule has 4 nitrogen and oxygen atoms in total. The normalized spacial score (nSPS) is 10.2. The Hall–Kier alpha value is -1.36. The summed E-state index contributed by atoms with van der Waals surface area (Å²) in [5, 5.41) is 3.73. The summed E-state index contributed by atoms with van der Waals surface area (Å²) in [4.78, 5) is 4.87. The third kappa shape index (κ3) is 1.10. The van der Waals surface area contributed by atoms with E-state index in [1.54, 1.807) is 17.8 Å². The second-order valence-electron chi connectivity index (χ2n) is 1.98. The Morgan fingerprint density at radius 3 is 3.00 bits per heavy atom. The Bertz CT molecular complexity index is 340. The lowest BCUT2D eigenvalue weighted by atomic mass is 10.4. The van der Waals surface area contributed by atoms with Crippen LogP contribution in [0.25, 0.3) is 10.6 Å². The number of thiazole rings is 1. The van der Waals surface area contributed by atoms with Crippen molar-refractivity contribution in [3.05, 3.63) is 17.8 Å². The molecule has 0 aliphatic carbocycles. The van der Waals surface area contributed by atoms with Gasteiger partial charge in [0.2, 0.25) is 5.88 Å². The molecule has 0 fully saturated rings. The number of nitrogens with two attached hydrogens (primary N) is 1. The van der Waals surface area contributed by atoms with Crippen LogP contribution in [0.3, 0.4) is 0 Å². The number of rotatable bonds is 1. The minimum atomic E-state index is 0.327. The maximum Gasteiger partial charge on any atom is 0.222 e. The third-order valence-corrected chi connectivity index (χ3v) is 2.01. The van der Waals surface area contributed by atoms with Gasteiger partial charge in [0.1, 0.15) is 5.69 Å². The van der Waals surface area contributed by atoms with Crippen LogP contribution in [-0.2, 0) is 0 Å². The third-order valence-electron chi connectivity index (χ3n) is 1.21. The first-order valence-corrected chi connectivity index (χ1v) is 3.85. The fourth-order valence-electron chi connectivity index (χ4n) is 0.748. The molecule has 0 spiro atoms. The van der Waals surface area contributed by atoms with Crippen LogP contribution in [0.2, 0.25) is 0 Å². The summed E-state index contributed by atoms with van der Waals surface area (Å²) in [6, 6.07) is 1.67. The van der Waals surface area contributed by atoms with Crippen molar-refractivity contribution >= 4 is 17.2 Å². The standard InChI is InChI=1S/C6H5N3OS/c7-6-1-4(9-10-6)5-2-8-3-11-5/h1-3H,7H2. The molecule has 2 rings (SSSR count). The lowest BCUT2D eigenvalue weighted by molar-refractivity contribution is 0.439. The Kier molecular flexibility index (Phi) is 1.36. The molecule has 0 bridgehead atoms. The van der Waals surface area contributed by atoms with Crippen molar-refractivity contribution in [3.63, 3.8) is 0 Å². The molecule has 0 saturated heterocycles. The average molecular weight is 167 g/mol. The van der Waals surface area contributed by atoms with Gasteiger partial charge in [-0.25, -0.2) is 0 Å². The molecule has 0 atom stereocenters. The largest absolute Gasteiger partial charge is 0.368 e. The topological polar surface area (TPSA) is 64.9 Å². The number of nitrogens with zero attached hydrogens (tertiary/aromatic N) is 2. The van der Waals surface area contributed by atoms with Gasteiger partial charge in [-0.3, -0.25) is 4.98 Å². The van der Waals surface area contributed by atoms with Gasteiger partial charge in [0.25, 0.3) is 0 Å². The van der Waals surface area contributed by atoms with E-state index in [4.69, 9.17) is 10.3 Å². The van der Waals surface area contributed by atoms with E-state index < -0.39 is 0 Å². The van der Waals surface area contributed by atoms with E-state index in [1.807, 2.05) is 0 Å². The number of nitrogen functional groups attached to an aromatic ring is 1. The lowest BCUT2D eigenvalue weighted by Crippen LogP contribution is -1.75. The fourth-order valence-corrected chi connectivity index (χ4v) is 1.32. The maximum atomic E-state index is 5.34. The first-order valence-electron chi connectivity index (χ1n) is 2.97. The molecule has 0 aromatic carbocycles. The smallest absolute Gasteiger partial charge is 0.222 e. The van der Waals surface area contributed by atoms with E-state index >= 15 is 0 Å². The zero-order valence-corrected chi connectivity index (χ0v) is 6.34. The zero-order chi connectivity index (χ0) is 7.68. The van der Waals surface area contributed by atoms with Gasteiger partial charge >= 0.3 is 0 Å². The highest BCUT2D eigenvalue weighted by Gasteiger charge is 2.04. The molecular weight excluding hydrogens is 162 g/mol. The highest BCUT2D eigenvalue weighted by atomic mass is 32.1. The summed E-state index contributed by atoms with van der Waals surface area (Å²) in [5.41, 5.74) is 7.82. The van der Waals surface area contributed by atoms with Gasteiger partial charge in [-0.15, -0.1) is 11.3 Å². The van der Waals surface area contributed by atoms with Crippen LogP contribution >= 0.6 is 11.3 Å². The van der Waals surface area contributed by atoms with Crippen molar-refractivity contribution in [3.8, 4) is 10.6 Å². The van der Waals surface area contributed by atoms with Crippen molar-refractivity contribution in [1.82, 2.24) is 10.1 Å². The van der Waals surface area contributed by atoms with Crippen LogP contribution in [0.15, 0.2) is 22.3 Å². The van der Waals surface area contributed by atoms with Crippen LogP contribution in [-0.4, -0.2) is 10.1 Å². The molecule has 0 unspecified atom stereocenters. The number of hydrogen-bond donors (Lipinski definition) is 1. The molecule has 2 N–H and O–H groups in total. The van der Waals surface area contributed by atoms with E-state index in [1.165, 1.54) is 11.3 Å². The van der Waals surface area contributed by atoms with Crippen molar-refractivity contribution < 1.29 is 4.52 Å². The zero-order valence-electron chi connectivity index (χ0n) is 5.52. The van der Waals surface area contributed by atoms with Crippen molar-refractivity contribution in [2.45, 2.75) is 0 Å². The van der Waals surface area contributed by atoms with Crippen molar-refractivity contribution in [2.75, 3.05) is 5.73 Å². The highest BCUT2D eigenvalue weighted by Crippen LogP contribution is 2.22. The van der Waals surface area contributed by atoms with Gasteiger partial charge < -0.3 is 10.3 Å². The molecular formula is C6H5N3OS. The number of anilines is 1. The quantitative estimate of drug-likeness (QED) is 0.696. The molecule has 2 aromatic heterocycles. The molecule has 2 aromatic rings. The van der Waals surface area contributed by atoms with Crippen LogP contribution in [0.4, 0.5) is 5.88 Å². The predicted octanol–water partition coefficient (Wildman–Crippen LogP) is 1.38. The Morgan fingerprint density at radius 2 is 2.45 bits per heavy atom. The number of hydrogen-bond acceptors (Lipinski definition) is 5. The molecule has 0 radical (unpaired) electrons. The van der Waals surface area contributed by atoms with Crippen LogP contribution in [0.1, 0.15) is 0 Å². The highest BCUT2D eigenvalue weighted by molar-refractivity contribution is 7.13. The second kappa shape index (κ2) is 2.35. The number of aromatic nitrogens is 2. The van der Waals surface area contributed by atoms with E-state index in [9.17, 15) is 0 Å². The summed E-state index contributed by atoms with van der Waals surface area (Å²) in [7, 11) is 0. The molecule has 11 heavy (non-hydrogen) atoms. The van der Waals surface area contributed by atoms with E-state index in [2.05, 4.69) is 10.1 Å². The summed E-state index contributed by atoms with van der Waals surface area (Å²) in [6.07, 6.45) is 1.72. The minimum absolute atomic E-state index is 0.327. The average Bonchev–Trinajstić information content (AvgIpc) is 2.55. The molecule has 0 saturated carbocycles. The van der Waals surface area contributed by atoms with E-state index in [-0.39, 0.29) is 0 Å². The van der Waals surface area contributed by atoms with Crippen LogP contribution in [0.5, 0.6) is 0 Å². The first kappa shape index (κ1) is 6.36. The van der Waals surface area contributed by atoms with E-state index in [0.29, 0.717) is 5.88 Å². The Balaban J connectivity index is 2.45. The fraction of sp³-hybridized carbons (Fsp3) is 0. The molecule has 5 heteroatoms. The molecule has 0 amide bonds. The van der Waals surface area contributed by atoms with Crippen LogP contribution in [0, 0.1) is 0 Å². The van der Waals surface area contributed by atoms with Crippen molar-refractivity contribution in [2.24, 2.45) is 0 Å². The van der Waals surface area contributed by atoms with Gasteiger partial charge in [-0.05, 0) is 0 Å². The van der Waals surface area contributed by atoms with Crippen LogP contribution < -0.4 is 5.73 Å². The maximum absolute atomic E-state index is 5.34. The van der Waals surface area contributed by atoms with Gasteiger partial charge in [0.15, 0.2) is 0 Å². The molecule has 0 aliphatic heterocycles. The molecule has 2 heterocycles. The van der Waals surface area contributed by atoms with Gasteiger partial charge in [0, 0.05) is 12.3 Å². The SMILES string of the molecule is Nc1cc(-c2cncs2)no1. The summed E-state index contributed by atoms with van der Waals surface area (Å²) < 4.78 is 4.69. The molecule has 0 aliphatic rings. The molecule has 56 valence electrons. The summed E-state index contributed by atoms with van der Waals surface area (Å²) >= 11 is 1.50. The van der Waals surface area contributed by atoms with Gasteiger partial charge in [-0.1, -0.05) is 5.16 Å². The first-order chi connectivity index (χ1) is 5.36. The minimum Gasteiger partial charge on any atom is -0.368 e. The summed E-state index contributed by atoms with van der Waals surface area (Å²) in [5.74, 6) is 0.327. The van der Waals surface area contributed by atoms with Gasteiger partial charge in [-0.2, -0.15) is 0 Å².